The van der Waals surface area contributed by atoms with Crippen molar-refractivity contribution in [3.05, 3.63) is 0 Å². The van der Waals surface area contributed by atoms with Crippen molar-refractivity contribution in [2.24, 2.45) is 5.73 Å². The fourth-order valence-electron chi connectivity index (χ4n) is 2.36. The minimum Gasteiger partial charge on any atom is -0.480 e. The number of rotatable bonds is 4. The molecular formula is C11H19NO3S. The van der Waals surface area contributed by atoms with E-state index in [0.717, 1.165) is 19.4 Å². The van der Waals surface area contributed by atoms with Crippen molar-refractivity contribution in [3.63, 3.8) is 0 Å². The van der Waals surface area contributed by atoms with Gasteiger partial charge in [-0.15, -0.1) is 0 Å². The monoisotopic (exact) mass is 245 g/mol. The zero-order chi connectivity index (χ0) is 11.6. The summed E-state index contributed by atoms with van der Waals surface area (Å²) in [6, 6.07) is -0.731. The average Bonchev–Trinajstić information content (AvgIpc) is 2.24. The molecule has 0 aromatic heterocycles. The van der Waals surface area contributed by atoms with Gasteiger partial charge in [-0.1, -0.05) is 0 Å². The van der Waals surface area contributed by atoms with E-state index in [-0.39, 0.29) is 5.60 Å². The number of thioether (sulfide) groups is 1. The van der Waals surface area contributed by atoms with Crippen LogP contribution in [0.3, 0.4) is 0 Å². The predicted octanol–water partition coefficient (Wildman–Crippen LogP) is 1.23. The molecule has 1 unspecified atom stereocenters. The number of ether oxygens (including phenoxy) is 1. The van der Waals surface area contributed by atoms with Crippen molar-refractivity contribution in [2.45, 2.75) is 49.0 Å². The molecule has 3 N–H and O–H groups in total. The Labute approximate surface area is 99.9 Å². The quantitative estimate of drug-likeness (QED) is 0.779. The SMILES string of the molecule is N[C@@H](CSC1CCOC2(CCC2)C1)C(=O)O. The van der Waals surface area contributed by atoms with E-state index in [1.165, 1.54) is 19.3 Å². The first-order chi connectivity index (χ1) is 7.61. The van der Waals surface area contributed by atoms with Crippen LogP contribution in [0, 0.1) is 0 Å². The van der Waals surface area contributed by atoms with Crippen LogP contribution < -0.4 is 5.73 Å². The molecule has 5 heteroatoms. The summed E-state index contributed by atoms with van der Waals surface area (Å²) in [4.78, 5) is 10.6. The van der Waals surface area contributed by atoms with Gasteiger partial charge in [0.05, 0.1) is 5.60 Å². The number of hydrogen-bond acceptors (Lipinski definition) is 4. The van der Waals surface area contributed by atoms with E-state index in [1.54, 1.807) is 11.8 Å². The van der Waals surface area contributed by atoms with Crippen molar-refractivity contribution < 1.29 is 14.6 Å². The number of carboxylic acid groups (broad SMARTS) is 1. The minimum atomic E-state index is -0.905. The van der Waals surface area contributed by atoms with Crippen LogP contribution in [-0.4, -0.2) is 40.3 Å². The molecule has 2 rings (SSSR count). The Kier molecular flexibility index (Phi) is 3.77. The van der Waals surface area contributed by atoms with Gasteiger partial charge >= 0.3 is 5.97 Å². The Balaban J connectivity index is 1.75. The van der Waals surface area contributed by atoms with Gasteiger partial charge in [-0.05, 0) is 32.1 Å². The largest absolute Gasteiger partial charge is 0.480 e. The van der Waals surface area contributed by atoms with Crippen molar-refractivity contribution in [1.82, 2.24) is 0 Å². The highest BCUT2D eigenvalue weighted by molar-refractivity contribution is 8.00. The Morgan fingerprint density at radius 2 is 2.38 bits per heavy atom. The molecule has 0 amide bonds. The van der Waals surface area contributed by atoms with Gasteiger partial charge in [0.2, 0.25) is 0 Å². The second-order valence-electron chi connectivity index (χ2n) is 4.78. The Morgan fingerprint density at radius 3 is 2.94 bits per heavy atom. The van der Waals surface area contributed by atoms with Crippen LogP contribution >= 0.6 is 11.8 Å². The zero-order valence-corrected chi connectivity index (χ0v) is 10.2. The first-order valence-corrected chi connectivity index (χ1v) is 6.90. The van der Waals surface area contributed by atoms with Crippen LogP contribution in [0.25, 0.3) is 0 Å². The number of carbonyl (C=O) groups is 1. The van der Waals surface area contributed by atoms with Gasteiger partial charge in [0, 0.05) is 17.6 Å². The number of hydrogen-bond donors (Lipinski definition) is 2. The molecule has 1 saturated heterocycles. The fourth-order valence-corrected chi connectivity index (χ4v) is 3.66. The molecule has 16 heavy (non-hydrogen) atoms. The zero-order valence-electron chi connectivity index (χ0n) is 9.35. The lowest BCUT2D eigenvalue weighted by Crippen LogP contribution is -2.46. The van der Waals surface area contributed by atoms with Crippen LogP contribution in [-0.2, 0) is 9.53 Å². The van der Waals surface area contributed by atoms with Crippen LogP contribution in [0.1, 0.15) is 32.1 Å². The molecule has 2 aliphatic rings. The molecule has 2 atom stereocenters. The van der Waals surface area contributed by atoms with E-state index in [2.05, 4.69) is 0 Å². The number of aliphatic carboxylic acids is 1. The van der Waals surface area contributed by atoms with E-state index in [0.29, 0.717) is 11.0 Å². The molecule has 1 saturated carbocycles. The summed E-state index contributed by atoms with van der Waals surface area (Å²) < 4.78 is 5.83. The summed E-state index contributed by atoms with van der Waals surface area (Å²) >= 11 is 1.70. The van der Waals surface area contributed by atoms with Crippen molar-refractivity contribution >= 4 is 17.7 Å². The minimum absolute atomic E-state index is 0.142. The highest BCUT2D eigenvalue weighted by Gasteiger charge is 2.42. The molecule has 1 heterocycles. The van der Waals surface area contributed by atoms with Gasteiger partial charge in [-0.25, -0.2) is 0 Å². The molecule has 1 aliphatic heterocycles. The first kappa shape index (κ1) is 12.2. The summed E-state index contributed by atoms with van der Waals surface area (Å²) in [5.41, 5.74) is 5.64. The Morgan fingerprint density at radius 1 is 1.62 bits per heavy atom. The van der Waals surface area contributed by atoms with Crippen LogP contribution in [0.5, 0.6) is 0 Å². The van der Waals surface area contributed by atoms with Crippen molar-refractivity contribution in [3.8, 4) is 0 Å². The molecule has 0 radical (unpaired) electrons. The standard InChI is InChI=1S/C11H19NO3S/c12-9(10(13)14)7-16-8-2-5-15-11(6-8)3-1-4-11/h8-9H,1-7,12H2,(H,13,14)/t8?,9-/m0/s1. The number of carboxylic acids is 1. The van der Waals surface area contributed by atoms with Gasteiger partial charge in [0.1, 0.15) is 6.04 Å². The Bertz CT molecular complexity index is 268. The van der Waals surface area contributed by atoms with Gasteiger partial charge in [0.15, 0.2) is 0 Å². The normalized spacial score (nSPS) is 29.7. The summed E-state index contributed by atoms with van der Waals surface area (Å²) in [6.45, 7) is 0.819. The molecule has 1 aliphatic carbocycles. The first-order valence-electron chi connectivity index (χ1n) is 5.85. The molecule has 0 aromatic carbocycles. The maximum atomic E-state index is 10.6. The third-order valence-corrected chi connectivity index (χ3v) is 4.97. The molecule has 0 bridgehead atoms. The molecule has 4 nitrogen and oxygen atoms in total. The maximum Gasteiger partial charge on any atom is 0.321 e. The number of nitrogens with two attached hydrogens (primary N) is 1. The second kappa shape index (κ2) is 4.94. The van der Waals surface area contributed by atoms with Crippen molar-refractivity contribution in [1.29, 1.82) is 0 Å². The van der Waals surface area contributed by atoms with Crippen molar-refractivity contribution in [2.75, 3.05) is 12.4 Å². The lowest BCUT2D eigenvalue weighted by Gasteiger charge is -2.47. The Hall–Kier alpha value is -0.260. The summed E-state index contributed by atoms with van der Waals surface area (Å²) in [7, 11) is 0. The third-order valence-electron chi connectivity index (χ3n) is 3.54. The highest BCUT2D eigenvalue weighted by Crippen LogP contribution is 2.44. The summed E-state index contributed by atoms with van der Waals surface area (Å²) in [5, 5.41) is 9.24. The van der Waals surface area contributed by atoms with E-state index in [4.69, 9.17) is 15.6 Å². The van der Waals surface area contributed by atoms with Crippen LogP contribution in [0.15, 0.2) is 0 Å². The van der Waals surface area contributed by atoms with Crippen LogP contribution in [0.4, 0.5) is 0 Å². The highest BCUT2D eigenvalue weighted by atomic mass is 32.2. The maximum absolute atomic E-state index is 10.6. The smallest absolute Gasteiger partial charge is 0.321 e. The molecule has 1 spiro atoms. The fraction of sp³-hybridized carbons (Fsp3) is 0.909. The van der Waals surface area contributed by atoms with E-state index >= 15 is 0 Å². The average molecular weight is 245 g/mol. The van der Waals surface area contributed by atoms with E-state index < -0.39 is 12.0 Å². The molecule has 2 fully saturated rings. The van der Waals surface area contributed by atoms with E-state index in [1.807, 2.05) is 0 Å². The lowest BCUT2D eigenvalue weighted by molar-refractivity contribution is -0.137. The molecule has 0 aromatic rings. The second-order valence-corrected chi connectivity index (χ2v) is 6.11. The summed E-state index contributed by atoms with van der Waals surface area (Å²) in [6.07, 6.45) is 5.72. The van der Waals surface area contributed by atoms with Gasteiger partial charge in [0.25, 0.3) is 0 Å². The molecule has 92 valence electrons. The third kappa shape index (κ3) is 2.70. The van der Waals surface area contributed by atoms with Gasteiger partial charge in [-0.3, -0.25) is 4.79 Å². The topological polar surface area (TPSA) is 72.5 Å². The molecular weight excluding hydrogens is 226 g/mol. The lowest BCUT2D eigenvalue weighted by atomic mass is 9.75. The van der Waals surface area contributed by atoms with Gasteiger partial charge < -0.3 is 15.6 Å². The predicted molar refractivity (Wildman–Crippen MR) is 63.6 cm³/mol. The van der Waals surface area contributed by atoms with E-state index in [9.17, 15) is 4.79 Å². The van der Waals surface area contributed by atoms with Crippen LogP contribution in [0.2, 0.25) is 0 Å². The van der Waals surface area contributed by atoms with Gasteiger partial charge in [-0.2, -0.15) is 11.8 Å². The summed E-state index contributed by atoms with van der Waals surface area (Å²) in [5.74, 6) is -0.395.